The maximum atomic E-state index is 10.1. The molecule has 0 aromatic heterocycles. The summed E-state index contributed by atoms with van der Waals surface area (Å²) in [5.74, 6) is 1.02. The number of ether oxygens (including phenoxy) is 1. The minimum atomic E-state index is -0.306. The number of hydrogen-bond acceptors (Lipinski definition) is 2. The molecular weight excluding hydrogens is 272 g/mol. The molecule has 3 rings (SSSR count). The molecule has 0 radical (unpaired) electrons. The first kappa shape index (κ1) is 13.5. The monoisotopic (exact) mass is 288 g/mol. The third kappa shape index (κ3) is 2.54. The summed E-state index contributed by atoms with van der Waals surface area (Å²) in [6.45, 7) is 0. The molecule has 0 aliphatic heterocycles. The van der Waals surface area contributed by atoms with E-state index in [1.165, 1.54) is 11.1 Å². The van der Waals surface area contributed by atoms with Gasteiger partial charge in [-0.15, -0.1) is 0 Å². The molecule has 1 aliphatic carbocycles. The molecule has 2 aromatic carbocycles. The van der Waals surface area contributed by atoms with Crippen molar-refractivity contribution in [1.29, 1.82) is 0 Å². The Bertz CT molecular complexity index is 624. The number of methoxy groups -OCH3 is 1. The van der Waals surface area contributed by atoms with Gasteiger partial charge in [-0.1, -0.05) is 29.8 Å². The normalized spacial score (nSPS) is 21.4. The van der Waals surface area contributed by atoms with Crippen LogP contribution in [0.15, 0.2) is 42.5 Å². The van der Waals surface area contributed by atoms with Crippen LogP contribution in [0.25, 0.3) is 0 Å². The van der Waals surface area contributed by atoms with Crippen LogP contribution in [0, 0.1) is 0 Å². The molecule has 0 bridgehead atoms. The van der Waals surface area contributed by atoms with Gasteiger partial charge in [-0.25, -0.2) is 0 Å². The molecule has 0 saturated heterocycles. The molecule has 104 valence electrons. The summed E-state index contributed by atoms with van der Waals surface area (Å²) in [4.78, 5) is 0. The van der Waals surface area contributed by atoms with E-state index in [1.807, 2.05) is 30.3 Å². The number of benzene rings is 2. The number of halogens is 1. The molecule has 3 heteroatoms. The highest BCUT2D eigenvalue weighted by molar-refractivity contribution is 6.30. The molecule has 1 aliphatic rings. The van der Waals surface area contributed by atoms with Crippen LogP contribution in [0.3, 0.4) is 0 Å². The third-order valence-corrected chi connectivity index (χ3v) is 4.18. The number of rotatable bonds is 2. The molecule has 20 heavy (non-hydrogen) atoms. The summed E-state index contributed by atoms with van der Waals surface area (Å²) in [5.41, 5.74) is 3.57. The zero-order chi connectivity index (χ0) is 14.1. The fraction of sp³-hybridized carbons (Fsp3) is 0.294. The van der Waals surface area contributed by atoms with Gasteiger partial charge in [0, 0.05) is 10.9 Å². The highest BCUT2D eigenvalue weighted by atomic mass is 35.5. The quantitative estimate of drug-likeness (QED) is 0.911. The number of aliphatic hydroxyl groups excluding tert-OH is 1. The van der Waals surface area contributed by atoms with Crippen molar-refractivity contribution in [2.75, 3.05) is 7.11 Å². The van der Waals surface area contributed by atoms with E-state index >= 15 is 0 Å². The molecule has 0 heterocycles. The Hall–Kier alpha value is -1.51. The SMILES string of the molecule is COc1ccc2c(c1)[C@H](c1cccc(Cl)c1)C[C@H](O)C2. The van der Waals surface area contributed by atoms with Crippen molar-refractivity contribution in [2.24, 2.45) is 0 Å². The van der Waals surface area contributed by atoms with Crippen LogP contribution in [0.2, 0.25) is 5.02 Å². The predicted molar refractivity (Wildman–Crippen MR) is 80.6 cm³/mol. The van der Waals surface area contributed by atoms with E-state index in [4.69, 9.17) is 16.3 Å². The summed E-state index contributed by atoms with van der Waals surface area (Å²) in [5, 5.41) is 10.8. The topological polar surface area (TPSA) is 29.5 Å². The number of hydrogen-bond donors (Lipinski definition) is 1. The van der Waals surface area contributed by atoms with E-state index in [2.05, 4.69) is 12.1 Å². The molecular formula is C17H17ClO2. The fourth-order valence-electron chi connectivity index (χ4n) is 2.99. The Balaban J connectivity index is 2.08. The van der Waals surface area contributed by atoms with Crippen LogP contribution >= 0.6 is 11.6 Å². The van der Waals surface area contributed by atoms with E-state index < -0.39 is 0 Å². The minimum absolute atomic E-state index is 0.169. The van der Waals surface area contributed by atoms with E-state index in [0.29, 0.717) is 6.42 Å². The Labute approximate surface area is 124 Å². The molecule has 0 amide bonds. The summed E-state index contributed by atoms with van der Waals surface area (Å²) >= 11 is 6.10. The molecule has 0 saturated carbocycles. The van der Waals surface area contributed by atoms with E-state index in [1.54, 1.807) is 7.11 Å². The van der Waals surface area contributed by atoms with Crippen LogP contribution in [0.1, 0.15) is 29.0 Å². The molecule has 0 spiro atoms. The maximum Gasteiger partial charge on any atom is 0.119 e. The van der Waals surface area contributed by atoms with Gasteiger partial charge in [-0.05, 0) is 53.8 Å². The largest absolute Gasteiger partial charge is 0.497 e. The highest BCUT2D eigenvalue weighted by Gasteiger charge is 2.27. The summed E-state index contributed by atoms with van der Waals surface area (Å²) in [6.07, 6.45) is 1.12. The lowest BCUT2D eigenvalue weighted by Crippen LogP contribution is -2.23. The van der Waals surface area contributed by atoms with Crippen molar-refractivity contribution < 1.29 is 9.84 Å². The highest BCUT2D eigenvalue weighted by Crippen LogP contribution is 2.39. The zero-order valence-electron chi connectivity index (χ0n) is 11.3. The lowest BCUT2D eigenvalue weighted by molar-refractivity contribution is 0.152. The second kappa shape index (κ2) is 5.47. The van der Waals surface area contributed by atoms with Gasteiger partial charge in [0.15, 0.2) is 0 Å². The third-order valence-electron chi connectivity index (χ3n) is 3.94. The van der Waals surface area contributed by atoms with Crippen molar-refractivity contribution in [3.63, 3.8) is 0 Å². The van der Waals surface area contributed by atoms with Gasteiger partial charge in [0.05, 0.1) is 13.2 Å². The lowest BCUT2D eigenvalue weighted by Gasteiger charge is -2.30. The van der Waals surface area contributed by atoms with Crippen molar-refractivity contribution >= 4 is 11.6 Å². The fourth-order valence-corrected chi connectivity index (χ4v) is 3.18. The van der Waals surface area contributed by atoms with Crippen molar-refractivity contribution in [2.45, 2.75) is 24.9 Å². The Morgan fingerprint density at radius 1 is 1.20 bits per heavy atom. The number of fused-ring (bicyclic) bond motifs is 1. The zero-order valence-corrected chi connectivity index (χ0v) is 12.1. The van der Waals surface area contributed by atoms with Gasteiger partial charge < -0.3 is 9.84 Å². The van der Waals surface area contributed by atoms with E-state index in [0.717, 1.165) is 22.8 Å². The van der Waals surface area contributed by atoms with Crippen LogP contribution in [0.4, 0.5) is 0 Å². The summed E-state index contributed by atoms with van der Waals surface area (Å²) in [7, 11) is 1.67. The van der Waals surface area contributed by atoms with Crippen LogP contribution < -0.4 is 4.74 Å². The van der Waals surface area contributed by atoms with Gasteiger partial charge >= 0.3 is 0 Å². The molecule has 0 fully saturated rings. The Morgan fingerprint density at radius 3 is 2.80 bits per heavy atom. The average molecular weight is 289 g/mol. The van der Waals surface area contributed by atoms with Crippen LogP contribution in [0.5, 0.6) is 5.75 Å². The molecule has 2 nitrogen and oxygen atoms in total. The van der Waals surface area contributed by atoms with E-state index in [-0.39, 0.29) is 12.0 Å². The molecule has 2 atom stereocenters. The summed E-state index contributed by atoms with van der Waals surface area (Å²) < 4.78 is 5.33. The Kier molecular flexibility index (Phi) is 3.68. The Morgan fingerprint density at radius 2 is 2.05 bits per heavy atom. The smallest absolute Gasteiger partial charge is 0.119 e. The lowest BCUT2D eigenvalue weighted by atomic mass is 9.77. The molecule has 0 unspecified atom stereocenters. The van der Waals surface area contributed by atoms with Crippen molar-refractivity contribution in [3.8, 4) is 5.75 Å². The second-order valence-electron chi connectivity index (χ2n) is 5.27. The van der Waals surface area contributed by atoms with Gasteiger partial charge in [-0.2, -0.15) is 0 Å². The first-order valence-electron chi connectivity index (χ1n) is 6.77. The minimum Gasteiger partial charge on any atom is -0.497 e. The average Bonchev–Trinajstić information content (AvgIpc) is 2.46. The molecule has 1 N–H and O–H groups in total. The van der Waals surface area contributed by atoms with Crippen LogP contribution in [-0.2, 0) is 6.42 Å². The van der Waals surface area contributed by atoms with Gasteiger partial charge in [0.1, 0.15) is 5.75 Å². The van der Waals surface area contributed by atoms with Crippen molar-refractivity contribution in [3.05, 3.63) is 64.2 Å². The molecule has 2 aromatic rings. The second-order valence-corrected chi connectivity index (χ2v) is 5.70. The van der Waals surface area contributed by atoms with Crippen LogP contribution in [-0.4, -0.2) is 18.3 Å². The maximum absolute atomic E-state index is 10.1. The van der Waals surface area contributed by atoms with Gasteiger partial charge in [0.25, 0.3) is 0 Å². The van der Waals surface area contributed by atoms with Gasteiger partial charge in [0.2, 0.25) is 0 Å². The number of aliphatic hydroxyl groups is 1. The van der Waals surface area contributed by atoms with E-state index in [9.17, 15) is 5.11 Å². The predicted octanol–water partition coefficient (Wildman–Crippen LogP) is 3.79. The summed E-state index contributed by atoms with van der Waals surface area (Å²) in [6, 6.07) is 14.0. The first-order valence-corrected chi connectivity index (χ1v) is 7.15. The first-order chi connectivity index (χ1) is 9.67. The van der Waals surface area contributed by atoms with Gasteiger partial charge in [-0.3, -0.25) is 0 Å². The standard InChI is InChI=1S/C17H17ClO2/c1-20-15-6-5-12-8-14(19)9-16(17(12)10-15)11-3-2-4-13(18)7-11/h2-7,10,14,16,19H,8-9H2,1H3/t14-,16+/m1/s1. The van der Waals surface area contributed by atoms with Crippen molar-refractivity contribution in [1.82, 2.24) is 0 Å².